The van der Waals surface area contributed by atoms with E-state index in [-0.39, 0.29) is 4.90 Å². The van der Waals surface area contributed by atoms with Crippen molar-refractivity contribution < 1.29 is 13.2 Å². The lowest BCUT2D eigenvalue weighted by Gasteiger charge is -2.05. The number of halogens is 2. The second kappa shape index (κ2) is 5.50. The average Bonchev–Trinajstić information content (AvgIpc) is 3.22. The number of ether oxygens (including phenoxy) is 1. The van der Waals surface area contributed by atoms with Crippen LogP contribution in [0.4, 0.5) is 0 Å². The normalized spacial score (nSPS) is 21.0. The van der Waals surface area contributed by atoms with E-state index in [4.69, 9.17) is 27.9 Å². The number of hydrogen-bond acceptors (Lipinski definition) is 4. The van der Waals surface area contributed by atoms with Crippen molar-refractivity contribution in [3.8, 4) is 5.75 Å². The van der Waals surface area contributed by atoms with Crippen LogP contribution in [0.3, 0.4) is 0 Å². The highest BCUT2D eigenvalue weighted by Crippen LogP contribution is 2.28. The first kappa shape index (κ1) is 14.7. The molecule has 1 N–H and O–H groups in total. The van der Waals surface area contributed by atoms with Crippen LogP contribution in [0.15, 0.2) is 53.4 Å². The van der Waals surface area contributed by atoms with Gasteiger partial charge in [0.25, 0.3) is 0 Å². The molecule has 0 radical (unpaired) electrons. The first-order valence-electron chi connectivity index (χ1n) is 6.14. The molecule has 1 aliphatic rings. The Morgan fingerprint density at radius 3 is 2.00 bits per heavy atom. The van der Waals surface area contributed by atoms with Crippen molar-refractivity contribution in [3.05, 3.63) is 58.6 Å². The summed E-state index contributed by atoms with van der Waals surface area (Å²) in [5.41, 5.74) is 0. The molecule has 3 rings (SSSR count). The Morgan fingerprint density at radius 2 is 1.43 bits per heavy atom. The molecule has 0 amide bonds. The van der Waals surface area contributed by atoms with Crippen LogP contribution in [0.1, 0.15) is 0 Å². The quantitative estimate of drug-likeness (QED) is 0.866. The predicted octanol–water partition coefficient (Wildman–Crippen LogP) is 3.10. The Bertz CT molecular complexity index is 745. The molecule has 2 atom stereocenters. The minimum absolute atomic E-state index is 0.214. The van der Waals surface area contributed by atoms with E-state index in [1.54, 1.807) is 36.4 Å². The lowest BCUT2D eigenvalue weighted by Crippen LogP contribution is -2.14. The Labute approximate surface area is 132 Å². The van der Waals surface area contributed by atoms with Gasteiger partial charge in [-0.3, -0.25) is 5.32 Å². The topological polar surface area (TPSA) is 65.3 Å². The van der Waals surface area contributed by atoms with Crippen LogP contribution in [0.25, 0.3) is 0 Å². The fourth-order valence-electron chi connectivity index (χ4n) is 1.89. The summed E-state index contributed by atoms with van der Waals surface area (Å²) in [5, 5.41) is 3.14. The third-order valence-corrected chi connectivity index (χ3v) is 5.53. The maximum Gasteiger partial charge on any atom is 0.199 e. The molecule has 0 saturated carbocycles. The average molecular weight is 344 g/mol. The van der Waals surface area contributed by atoms with Gasteiger partial charge in [0.15, 0.2) is 21.4 Å². The number of sulfone groups is 1. The zero-order chi connectivity index (χ0) is 15.0. The summed E-state index contributed by atoms with van der Waals surface area (Å²) in [6, 6.07) is 12.8. The van der Waals surface area contributed by atoms with Crippen molar-refractivity contribution in [1.29, 1.82) is 0 Å². The van der Waals surface area contributed by atoms with E-state index in [0.717, 1.165) is 0 Å². The summed E-state index contributed by atoms with van der Waals surface area (Å²) in [5.74, 6) is 0.561. The van der Waals surface area contributed by atoms with Gasteiger partial charge in [-0.15, -0.1) is 0 Å². The Hall–Kier alpha value is -1.27. The summed E-state index contributed by atoms with van der Waals surface area (Å²) >= 11 is 11.5. The van der Waals surface area contributed by atoms with Crippen molar-refractivity contribution in [2.45, 2.75) is 16.5 Å². The summed E-state index contributed by atoms with van der Waals surface area (Å²) in [7, 11) is -3.48. The predicted molar refractivity (Wildman–Crippen MR) is 81.4 cm³/mol. The summed E-state index contributed by atoms with van der Waals surface area (Å²) < 4.78 is 30.3. The van der Waals surface area contributed by atoms with Gasteiger partial charge < -0.3 is 4.74 Å². The number of benzene rings is 2. The lowest BCUT2D eigenvalue weighted by atomic mass is 10.3. The first-order chi connectivity index (χ1) is 9.96. The SMILES string of the molecule is O=S(=O)(c1ccc(Cl)cc1)C1NC1Oc1ccc(Cl)cc1. The van der Waals surface area contributed by atoms with Gasteiger partial charge >= 0.3 is 0 Å². The third-order valence-electron chi connectivity index (χ3n) is 3.05. The van der Waals surface area contributed by atoms with E-state index in [2.05, 4.69) is 5.32 Å². The van der Waals surface area contributed by atoms with Crippen LogP contribution in [-0.4, -0.2) is 20.0 Å². The Balaban J connectivity index is 1.72. The van der Waals surface area contributed by atoms with Crippen LogP contribution < -0.4 is 10.1 Å². The monoisotopic (exact) mass is 343 g/mol. The second-order valence-electron chi connectivity index (χ2n) is 4.58. The Kier molecular flexibility index (Phi) is 3.84. The smallest absolute Gasteiger partial charge is 0.199 e. The Morgan fingerprint density at radius 1 is 0.905 bits per heavy atom. The third kappa shape index (κ3) is 3.16. The highest BCUT2D eigenvalue weighted by molar-refractivity contribution is 7.92. The minimum atomic E-state index is -3.48. The van der Waals surface area contributed by atoms with Gasteiger partial charge in [-0.25, -0.2) is 8.42 Å². The van der Waals surface area contributed by atoms with Gasteiger partial charge in [0.05, 0.1) is 4.90 Å². The molecule has 2 unspecified atom stereocenters. The van der Waals surface area contributed by atoms with Crippen LogP contribution >= 0.6 is 23.2 Å². The molecule has 0 aliphatic carbocycles. The van der Waals surface area contributed by atoms with Gasteiger partial charge in [0, 0.05) is 10.0 Å². The largest absolute Gasteiger partial charge is 0.472 e. The van der Waals surface area contributed by atoms with Gasteiger partial charge in [0.2, 0.25) is 0 Å². The van der Waals surface area contributed by atoms with E-state index in [1.807, 2.05) is 0 Å². The molecular formula is C14H11Cl2NO3S. The van der Waals surface area contributed by atoms with Gasteiger partial charge in [0.1, 0.15) is 5.75 Å². The van der Waals surface area contributed by atoms with Crippen LogP contribution in [0, 0.1) is 0 Å². The number of hydrogen-bond donors (Lipinski definition) is 1. The molecule has 0 aromatic heterocycles. The van der Waals surface area contributed by atoms with Gasteiger partial charge in [-0.05, 0) is 48.5 Å². The zero-order valence-electron chi connectivity index (χ0n) is 10.7. The molecule has 7 heteroatoms. The van der Waals surface area contributed by atoms with Crippen LogP contribution in [0.2, 0.25) is 10.0 Å². The van der Waals surface area contributed by atoms with Crippen LogP contribution in [-0.2, 0) is 9.84 Å². The first-order valence-corrected chi connectivity index (χ1v) is 8.45. The molecule has 0 bridgehead atoms. The minimum Gasteiger partial charge on any atom is -0.472 e. The summed E-state index contributed by atoms with van der Waals surface area (Å²) in [6.07, 6.45) is -0.563. The van der Waals surface area contributed by atoms with Gasteiger partial charge in [-0.2, -0.15) is 0 Å². The molecule has 21 heavy (non-hydrogen) atoms. The second-order valence-corrected chi connectivity index (χ2v) is 7.52. The summed E-state index contributed by atoms with van der Waals surface area (Å²) in [4.78, 5) is 0.214. The van der Waals surface area contributed by atoms with Crippen molar-refractivity contribution in [2.75, 3.05) is 0 Å². The lowest BCUT2D eigenvalue weighted by molar-refractivity contribution is 0.295. The molecular weight excluding hydrogens is 333 g/mol. The molecule has 110 valence electrons. The van der Waals surface area contributed by atoms with E-state index in [1.165, 1.54) is 12.1 Å². The van der Waals surface area contributed by atoms with Crippen LogP contribution in [0.5, 0.6) is 5.75 Å². The highest BCUT2D eigenvalue weighted by atomic mass is 35.5. The molecule has 2 aromatic carbocycles. The fourth-order valence-corrected chi connectivity index (χ4v) is 3.64. The zero-order valence-corrected chi connectivity index (χ0v) is 13.0. The van der Waals surface area contributed by atoms with Crippen molar-refractivity contribution in [1.82, 2.24) is 5.32 Å². The number of nitrogens with one attached hydrogen (secondary N) is 1. The van der Waals surface area contributed by atoms with E-state index in [9.17, 15) is 8.42 Å². The van der Waals surface area contributed by atoms with Crippen molar-refractivity contribution >= 4 is 33.0 Å². The molecule has 1 fully saturated rings. The van der Waals surface area contributed by atoms with E-state index in [0.29, 0.717) is 15.8 Å². The molecule has 1 aliphatic heterocycles. The van der Waals surface area contributed by atoms with Gasteiger partial charge in [-0.1, -0.05) is 23.2 Å². The number of rotatable bonds is 4. The molecule has 0 spiro atoms. The van der Waals surface area contributed by atoms with Crippen molar-refractivity contribution in [3.63, 3.8) is 0 Å². The molecule has 1 saturated heterocycles. The molecule has 4 nitrogen and oxygen atoms in total. The molecule has 2 aromatic rings. The maximum absolute atomic E-state index is 12.4. The van der Waals surface area contributed by atoms with Crippen molar-refractivity contribution in [2.24, 2.45) is 0 Å². The maximum atomic E-state index is 12.4. The fraction of sp³-hybridized carbons (Fsp3) is 0.143. The van der Waals surface area contributed by atoms with E-state index < -0.39 is 21.4 Å². The van der Waals surface area contributed by atoms with E-state index >= 15 is 0 Å². The highest BCUT2D eigenvalue weighted by Gasteiger charge is 2.49. The standard InChI is InChI=1S/C14H11Cl2NO3S/c15-9-1-5-11(6-2-9)20-13-14(17-13)21(18,19)12-7-3-10(16)4-8-12/h1-8,13-14,17H. The molecule has 1 heterocycles. The summed E-state index contributed by atoms with van der Waals surface area (Å²) in [6.45, 7) is 0.